The van der Waals surface area contributed by atoms with Crippen LogP contribution in [0.3, 0.4) is 0 Å². The van der Waals surface area contributed by atoms with Crippen molar-refractivity contribution in [3.05, 3.63) is 18.2 Å². The van der Waals surface area contributed by atoms with E-state index < -0.39 is 9.84 Å². The Morgan fingerprint density at radius 2 is 2.07 bits per heavy atom. The van der Waals surface area contributed by atoms with E-state index in [-0.39, 0.29) is 34.4 Å². The lowest BCUT2D eigenvalue weighted by Crippen LogP contribution is -2.11. The molecular weight excluding hydrogens is 216 g/mol. The van der Waals surface area contributed by atoms with Crippen molar-refractivity contribution in [2.75, 3.05) is 16.8 Å². The highest BCUT2D eigenvalue weighted by Crippen LogP contribution is 2.30. The molecule has 1 aliphatic heterocycles. The van der Waals surface area contributed by atoms with Crippen molar-refractivity contribution >= 4 is 27.1 Å². The van der Waals surface area contributed by atoms with Crippen LogP contribution in [0.25, 0.3) is 0 Å². The molecule has 6 heteroatoms. The van der Waals surface area contributed by atoms with Crippen LogP contribution in [0.2, 0.25) is 0 Å². The molecule has 1 heterocycles. The van der Waals surface area contributed by atoms with Crippen molar-refractivity contribution in [2.24, 2.45) is 0 Å². The Labute approximate surface area is 87.2 Å². The van der Waals surface area contributed by atoms with Crippen LogP contribution in [0.1, 0.15) is 6.42 Å². The molecule has 0 aromatic heterocycles. The van der Waals surface area contributed by atoms with E-state index in [9.17, 15) is 13.2 Å². The van der Waals surface area contributed by atoms with Gasteiger partial charge in [-0.1, -0.05) is 6.07 Å². The highest BCUT2D eigenvalue weighted by molar-refractivity contribution is 7.91. The molecule has 80 valence electrons. The van der Waals surface area contributed by atoms with Gasteiger partial charge in [0.05, 0.1) is 22.0 Å². The van der Waals surface area contributed by atoms with E-state index >= 15 is 0 Å². The summed E-state index contributed by atoms with van der Waals surface area (Å²) in [6, 6.07) is 4.57. The Hall–Kier alpha value is -1.56. The lowest BCUT2D eigenvalue weighted by molar-refractivity contribution is -0.115. The number of nitrogens with two attached hydrogens (primary N) is 1. The molecule has 0 bridgehead atoms. The van der Waals surface area contributed by atoms with Crippen LogP contribution in [0.5, 0.6) is 0 Å². The zero-order valence-electron chi connectivity index (χ0n) is 7.86. The number of amides is 1. The summed E-state index contributed by atoms with van der Waals surface area (Å²) >= 11 is 0. The van der Waals surface area contributed by atoms with E-state index in [0.29, 0.717) is 0 Å². The van der Waals surface area contributed by atoms with Gasteiger partial charge in [0.25, 0.3) is 0 Å². The minimum absolute atomic E-state index is 0.0313. The van der Waals surface area contributed by atoms with Gasteiger partial charge < -0.3 is 11.1 Å². The van der Waals surface area contributed by atoms with Crippen molar-refractivity contribution in [2.45, 2.75) is 11.3 Å². The second-order valence-electron chi connectivity index (χ2n) is 3.34. The fraction of sp³-hybridized carbons (Fsp3) is 0.222. The molecular formula is C9H10N2O3S. The van der Waals surface area contributed by atoms with Gasteiger partial charge >= 0.3 is 0 Å². The van der Waals surface area contributed by atoms with Gasteiger partial charge in [-0.3, -0.25) is 4.79 Å². The van der Waals surface area contributed by atoms with Crippen LogP contribution in [-0.2, 0) is 14.6 Å². The molecule has 1 aromatic carbocycles. The van der Waals surface area contributed by atoms with Crippen molar-refractivity contribution in [3.8, 4) is 0 Å². The molecule has 1 aliphatic rings. The number of rotatable bonds is 0. The molecule has 1 amide bonds. The molecule has 0 saturated heterocycles. The van der Waals surface area contributed by atoms with Crippen LogP contribution in [0, 0.1) is 0 Å². The number of fused-ring (bicyclic) bond motifs is 1. The fourth-order valence-electron chi connectivity index (χ4n) is 1.48. The summed E-state index contributed by atoms with van der Waals surface area (Å²) in [6.45, 7) is 0. The zero-order chi connectivity index (χ0) is 11.1. The lowest BCUT2D eigenvalue weighted by atomic mass is 10.2. The van der Waals surface area contributed by atoms with Crippen LogP contribution in [-0.4, -0.2) is 20.1 Å². The van der Waals surface area contributed by atoms with Gasteiger partial charge in [0, 0.05) is 6.42 Å². The van der Waals surface area contributed by atoms with Crippen LogP contribution < -0.4 is 11.1 Å². The number of benzene rings is 1. The highest BCUT2D eigenvalue weighted by atomic mass is 32.2. The monoisotopic (exact) mass is 226 g/mol. The average Bonchev–Trinajstić information content (AvgIpc) is 2.28. The number of carbonyl (C=O) groups excluding carboxylic acids is 1. The van der Waals surface area contributed by atoms with Crippen molar-refractivity contribution < 1.29 is 13.2 Å². The van der Waals surface area contributed by atoms with Crippen LogP contribution in [0.15, 0.2) is 23.1 Å². The predicted octanol–water partition coefficient (Wildman–Crippen LogP) is 0.385. The fourth-order valence-corrected chi connectivity index (χ4v) is 2.92. The Bertz CT molecular complexity index is 522. The number of nitrogen functional groups attached to an aromatic ring is 1. The molecule has 0 spiro atoms. The summed E-state index contributed by atoms with van der Waals surface area (Å²) in [5.41, 5.74) is 6.09. The third-order valence-electron chi connectivity index (χ3n) is 2.26. The molecule has 15 heavy (non-hydrogen) atoms. The summed E-state index contributed by atoms with van der Waals surface area (Å²) in [5.74, 6) is -0.495. The maximum atomic E-state index is 11.7. The van der Waals surface area contributed by atoms with Gasteiger partial charge in [-0.05, 0) is 12.1 Å². The maximum Gasteiger partial charge on any atom is 0.225 e. The van der Waals surface area contributed by atoms with Crippen LogP contribution >= 0.6 is 0 Å². The molecule has 5 nitrogen and oxygen atoms in total. The largest absolute Gasteiger partial charge is 0.397 e. The Morgan fingerprint density at radius 3 is 2.80 bits per heavy atom. The van der Waals surface area contributed by atoms with Gasteiger partial charge in [0.15, 0.2) is 9.84 Å². The van der Waals surface area contributed by atoms with E-state index in [1.54, 1.807) is 12.1 Å². The number of hydrogen-bond acceptors (Lipinski definition) is 4. The second-order valence-corrected chi connectivity index (χ2v) is 5.41. The Morgan fingerprint density at radius 1 is 1.33 bits per heavy atom. The summed E-state index contributed by atoms with van der Waals surface area (Å²) < 4.78 is 23.5. The van der Waals surface area contributed by atoms with Crippen molar-refractivity contribution in [3.63, 3.8) is 0 Å². The smallest absolute Gasteiger partial charge is 0.225 e. The summed E-state index contributed by atoms with van der Waals surface area (Å²) in [7, 11) is -3.40. The Kier molecular flexibility index (Phi) is 2.15. The molecule has 0 aliphatic carbocycles. The number of hydrogen-bond donors (Lipinski definition) is 2. The quantitative estimate of drug-likeness (QED) is 0.626. The molecule has 2 rings (SSSR count). The summed E-state index contributed by atoms with van der Waals surface area (Å²) in [4.78, 5) is 11.4. The molecule has 0 radical (unpaired) electrons. The molecule has 3 N–H and O–H groups in total. The van der Waals surface area contributed by atoms with Crippen molar-refractivity contribution in [1.29, 1.82) is 0 Å². The SMILES string of the molecule is Nc1cccc2c1NC(=O)CCS2(=O)=O. The van der Waals surface area contributed by atoms with E-state index in [1.807, 2.05) is 0 Å². The molecule has 0 saturated carbocycles. The standard InChI is InChI=1S/C9H10N2O3S/c10-6-2-1-3-7-9(6)11-8(12)4-5-15(7,13)14/h1-3H,4-5,10H2,(H,11,12). The third-order valence-corrected chi connectivity index (χ3v) is 4.01. The second kappa shape index (κ2) is 3.23. The minimum atomic E-state index is -3.40. The van der Waals surface area contributed by atoms with E-state index in [0.717, 1.165) is 0 Å². The summed E-state index contributed by atoms with van der Waals surface area (Å²) in [6.07, 6.45) is -0.0313. The molecule has 1 aromatic rings. The van der Waals surface area contributed by atoms with Gasteiger partial charge in [-0.25, -0.2) is 8.42 Å². The van der Waals surface area contributed by atoms with E-state index in [4.69, 9.17) is 5.73 Å². The molecule has 0 fully saturated rings. The van der Waals surface area contributed by atoms with Gasteiger partial charge in [0.2, 0.25) is 5.91 Å². The van der Waals surface area contributed by atoms with Gasteiger partial charge in [-0.2, -0.15) is 0 Å². The predicted molar refractivity (Wildman–Crippen MR) is 56.2 cm³/mol. The van der Waals surface area contributed by atoms with Crippen LogP contribution in [0.4, 0.5) is 11.4 Å². The maximum absolute atomic E-state index is 11.7. The average molecular weight is 226 g/mol. The zero-order valence-corrected chi connectivity index (χ0v) is 8.67. The van der Waals surface area contributed by atoms with E-state index in [2.05, 4.69) is 5.32 Å². The highest BCUT2D eigenvalue weighted by Gasteiger charge is 2.26. The number of para-hydroxylation sites is 1. The van der Waals surface area contributed by atoms with Gasteiger partial charge in [0.1, 0.15) is 0 Å². The normalized spacial score (nSPS) is 18.8. The summed E-state index contributed by atoms with van der Waals surface area (Å²) in [5, 5.41) is 2.50. The lowest BCUT2D eigenvalue weighted by Gasteiger charge is -2.08. The first-order chi connectivity index (χ1) is 7.00. The Balaban J connectivity index is 2.71. The van der Waals surface area contributed by atoms with E-state index in [1.165, 1.54) is 6.07 Å². The number of nitrogens with one attached hydrogen (secondary N) is 1. The van der Waals surface area contributed by atoms with Crippen molar-refractivity contribution in [1.82, 2.24) is 0 Å². The first-order valence-corrected chi connectivity index (χ1v) is 6.07. The number of carbonyl (C=O) groups is 1. The number of anilines is 2. The topological polar surface area (TPSA) is 89.3 Å². The minimum Gasteiger partial charge on any atom is -0.397 e. The first-order valence-electron chi connectivity index (χ1n) is 4.42. The molecule has 0 atom stereocenters. The number of sulfone groups is 1. The first kappa shape index (κ1) is 9.97. The third kappa shape index (κ3) is 1.68. The molecule has 0 unspecified atom stereocenters. The van der Waals surface area contributed by atoms with Gasteiger partial charge in [-0.15, -0.1) is 0 Å².